The Morgan fingerprint density at radius 2 is 0.821 bits per heavy atom. The van der Waals surface area contributed by atoms with Crippen molar-refractivity contribution >= 4 is 11.9 Å². The molecule has 0 radical (unpaired) electrons. The van der Waals surface area contributed by atoms with E-state index in [2.05, 4.69) is 6.92 Å². The lowest BCUT2D eigenvalue weighted by atomic mass is 10.0. The van der Waals surface area contributed by atoms with Gasteiger partial charge >= 0.3 is 11.9 Å². The van der Waals surface area contributed by atoms with E-state index < -0.39 is 11.9 Å². The SMILES string of the molecule is CCCCCCCCCCCCCCCCCCN.O=C(O)CCCC(=O)O. The van der Waals surface area contributed by atoms with Crippen LogP contribution >= 0.6 is 0 Å². The summed E-state index contributed by atoms with van der Waals surface area (Å²) >= 11 is 0. The fraction of sp³-hybridized carbons (Fsp3) is 0.913. The molecular formula is C23H47NO4. The fourth-order valence-electron chi connectivity index (χ4n) is 3.08. The van der Waals surface area contributed by atoms with Crippen molar-refractivity contribution < 1.29 is 19.8 Å². The number of carbonyl (C=O) groups is 2. The van der Waals surface area contributed by atoms with Crippen LogP contribution < -0.4 is 5.73 Å². The van der Waals surface area contributed by atoms with E-state index in [0.717, 1.165) is 6.54 Å². The molecule has 0 fully saturated rings. The normalized spacial score (nSPS) is 10.4. The van der Waals surface area contributed by atoms with Crippen LogP contribution in [0.3, 0.4) is 0 Å². The Bertz CT molecular complexity index is 305. The average Bonchev–Trinajstić information content (AvgIpc) is 2.65. The van der Waals surface area contributed by atoms with E-state index in [1.54, 1.807) is 0 Å². The molecule has 0 aromatic carbocycles. The van der Waals surface area contributed by atoms with Crippen LogP contribution in [-0.4, -0.2) is 28.7 Å². The summed E-state index contributed by atoms with van der Waals surface area (Å²) in [4.78, 5) is 19.6. The Hall–Kier alpha value is -1.10. The van der Waals surface area contributed by atoms with Crippen LogP contribution in [0.2, 0.25) is 0 Å². The first kappa shape index (κ1) is 29.1. The Balaban J connectivity index is 0. The molecule has 0 saturated heterocycles. The van der Waals surface area contributed by atoms with Crippen LogP contribution in [0, 0.1) is 0 Å². The van der Waals surface area contributed by atoms with Gasteiger partial charge in [-0.25, -0.2) is 0 Å². The van der Waals surface area contributed by atoms with Gasteiger partial charge in [-0.3, -0.25) is 9.59 Å². The van der Waals surface area contributed by atoms with E-state index in [1.807, 2.05) is 0 Å². The number of hydrogen-bond donors (Lipinski definition) is 3. The standard InChI is InChI=1S/C18H39N.C5H8O4/c1-2-3-4-5-6-7-8-9-10-11-12-13-14-15-16-17-18-19;6-4(7)2-1-3-5(8)9/h2-19H2,1H3;1-3H2,(H,6,7)(H,8,9). The van der Waals surface area contributed by atoms with Gasteiger partial charge in [-0.15, -0.1) is 0 Å². The molecule has 0 rings (SSSR count). The summed E-state index contributed by atoms with van der Waals surface area (Å²) in [5.74, 6) is -1.90. The van der Waals surface area contributed by atoms with Gasteiger partial charge in [0.15, 0.2) is 0 Å². The lowest BCUT2D eigenvalue weighted by molar-refractivity contribution is -0.138. The Morgan fingerprint density at radius 3 is 1.07 bits per heavy atom. The molecule has 0 aromatic heterocycles. The topological polar surface area (TPSA) is 101 Å². The highest BCUT2D eigenvalue weighted by Crippen LogP contribution is 2.13. The molecule has 0 aliphatic rings. The molecule has 0 bridgehead atoms. The Labute approximate surface area is 173 Å². The minimum atomic E-state index is -0.948. The summed E-state index contributed by atoms with van der Waals surface area (Å²) in [6, 6.07) is 0. The van der Waals surface area contributed by atoms with Gasteiger partial charge in [-0.05, 0) is 19.4 Å². The Morgan fingerprint density at radius 1 is 0.536 bits per heavy atom. The van der Waals surface area contributed by atoms with Crippen LogP contribution in [0.25, 0.3) is 0 Å². The van der Waals surface area contributed by atoms with E-state index in [0.29, 0.717) is 0 Å². The zero-order chi connectivity index (χ0) is 21.3. The largest absolute Gasteiger partial charge is 0.481 e. The predicted molar refractivity (Wildman–Crippen MR) is 118 cm³/mol. The molecule has 0 atom stereocenters. The molecule has 0 aromatic rings. The second kappa shape index (κ2) is 25.9. The molecule has 5 heteroatoms. The first-order valence-electron chi connectivity index (χ1n) is 11.7. The molecule has 4 N–H and O–H groups in total. The van der Waals surface area contributed by atoms with Crippen molar-refractivity contribution in [2.45, 2.75) is 129 Å². The highest BCUT2D eigenvalue weighted by molar-refractivity contribution is 5.69. The molecule has 0 aliphatic carbocycles. The lowest BCUT2D eigenvalue weighted by Gasteiger charge is -2.03. The number of carboxylic acids is 2. The first-order chi connectivity index (χ1) is 13.5. The smallest absolute Gasteiger partial charge is 0.303 e. The van der Waals surface area contributed by atoms with Gasteiger partial charge in [0.1, 0.15) is 0 Å². The number of carboxylic acid groups (broad SMARTS) is 2. The zero-order valence-electron chi connectivity index (χ0n) is 18.4. The Kier molecular flexibility index (Phi) is 26.9. The maximum absolute atomic E-state index is 9.79. The molecule has 168 valence electrons. The summed E-state index contributed by atoms with van der Waals surface area (Å²) in [5, 5.41) is 16.1. The van der Waals surface area contributed by atoms with Crippen LogP contribution in [0.15, 0.2) is 0 Å². The predicted octanol–water partition coefficient (Wildman–Crippen LogP) is 6.53. The van der Waals surface area contributed by atoms with E-state index in [-0.39, 0.29) is 19.3 Å². The van der Waals surface area contributed by atoms with E-state index >= 15 is 0 Å². The van der Waals surface area contributed by atoms with Crippen molar-refractivity contribution in [2.24, 2.45) is 5.73 Å². The molecule has 0 spiro atoms. The van der Waals surface area contributed by atoms with Gasteiger partial charge in [-0.1, -0.05) is 103 Å². The fourth-order valence-corrected chi connectivity index (χ4v) is 3.08. The van der Waals surface area contributed by atoms with Gasteiger partial charge in [0, 0.05) is 12.8 Å². The maximum Gasteiger partial charge on any atom is 0.303 e. The van der Waals surface area contributed by atoms with Crippen molar-refractivity contribution in [3.63, 3.8) is 0 Å². The van der Waals surface area contributed by atoms with Crippen LogP contribution in [-0.2, 0) is 9.59 Å². The molecular weight excluding hydrogens is 354 g/mol. The van der Waals surface area contributed by atoms with E-state index in [1.165, 1.54) is 103 Å². The third kappa shape index (κ3) is 32.6. The third-order valence-electron chi connectivity index (χ3n) is 4.84. The molecule has 0 amide bonds. The van der Waals surface area contributed by atoms with Crippen molar-refractivity contribution in [1.29, 1.82) is 0 Å². The van der Waals surface area contributed by atoms with Crippen LogP contribution in [0.4, 0.5) is 0 Å². The minimum absolute atomic E-state index is 0.0632. The minimum Gasteiger partial charge on any atom is -0.481 e. The van der Waals surface area contributed by atoms with E-state index in [4.69, 9.17) is 15.9 Å². The summed E-state index contributed by atoms with van der Waals surface area (Å²) in [6.45, 7) is 3.16. The number of unbranched alkanes of at least 4 members (excludes halogenated alkanes) is 15. The lowest BCUT2D eigenvalue weighted by Crippen LogP contribution is -1.98. The molecule has 0 heterocycles. The highest BCUT2D eigenvalue weighted by Gasteiger charge is 1.99. The average molecular weight is 402 g/mol. The number of aliphatic carboxylic acids is 2. The van der Waals surface area contributed by atoms with Gasteiger partial charge in [0.05, 0.1) is 0 Å². The third-order valence-corrected chi connectivity index (χ3v) is 4.84. The molecule has 5 nitrogen and oxygen atoms in total. The van der Waals surface area contributed by atoms with Gasteiger partial charge in [-0.2, -0.15) is 0 Å². The first-order valence-corrected chi connectivity index (χ1v) is 11.7. The van der Waals surface area contributed by atoms with Crippen molar-refractivity contribution in [3.05, 3.63) is 0 Å². The van der Waals surface area contributed by atoms with Crippen molar-refractivity contribution in [3.8, 4) is 0 Å². The van der Waals surface area contributed by atoms with Gasteiger partial charge in [0.25, 0.3) is 0 Å². The summed E-state index contributed by atoms with van der Waals surface area (Å²) in [5.41, 5.74) is 5.48. The van der Waals surface area contributed by atoms with Crippen LogP contribution in [0.5, 0.6) is 0 Å². The second-order valence-corrected chi connectivity index (χ2v) is 7.73. The summed E-state index contributed by atoms with van der Waals surface area (Å²) < 4.78 is 0. The van der Waals surface area contributed by atoms with Crippen molar-refractivity contribution in [2.75, 3.05) is 6.54 Å². The number of hydrogen-bond acceptors (Lipinski definition) is 3. The number of rotatable bonds is 20. The van der Waals surface area contributed by atoms with E-state index in [9.17, 15) is 9.59 Å². The number of nitrogens with two attached hydrogens (primary N) is 1. The van der Waals surface area contributed by atoms with Crippen LogP contribution in [0.1, 0.15) is 129 Å². The zero-order valence-corrected chi connectivity index (χ0v) is 18.4. The maximum atomic E-state index is 9.79. The molecule has 0 unspecified atom stereocenters. The molecule has 28 heavy (non-hydrogen) atoms. The highest BCUT2D eigenvalue weighted by atomic mass is 16.4. The summed E-state index contributed by atoms with van der Waals surface area (Å²) in [6.07, 6.45) is 22.9. The monoisotopic (exact) mass is 401 g/mol. The molecule has 0 saturated carbocycles. The quantitative estimate of drug-likeness (QED) is 0.201. The molecule has 0 aliphatic heterocycles. The van der Waals surface area contributed by atoms with Crippen molar-refractivity contribution in [1.82, 2.24) is 0 Å². The van der Waals surface area contributed by atoms with Gasteiger partial charge < -0.3 is 15.9 Å². The van der Waals surface area contributed by atoms with Gasteiger partial charge in [0.2, 0.25) is 0 Å². The second-order valence-electron chi connectivity index (χ2n) is 7.73. The summed E-state index contributed by atoms with van der Waals surface area (Å²) in [7, 11) is 0.